The topological polar surface area (TPSA) is 72.4 Å². The molecule has 0 fully saturated rings. The molecule has 0 aromatic carbocycles. The van der Waals surface area contributed by atoms with Gasteiger partial charge in [-0.25, -0.2) is 0 Å². The SMILES string of the molecule is [O-]O[O-].[O]=[Zr+2]. The van der Waals surface area contributed by atoms with Gasteiger partial charge in [0.15, 0.2) is 0 Å². The van der Waals surface area contributed by atoms with Crippen LogP contribution < -0.4 is 10.5 Å². The second kappa shape index (κ2) is 23.7. The summed E-state index contributed by atoms with van der Waals surface area (Å²) in [7, 11) is 0. The Morgan fingerprint density at radius 3 is 1.40 bits per heavy atom. The molecule has 0 N–H and O–H groups in total. The molecule has 0 saturated heterocycles. The zero-order chi connectivity index (χ0) is 4.71. The molecule has 0 saturated carbocycles. The van der Waals surface area contributed by atoms with Gasteiger partial charge in [0.25, 0.3) is 0 Å². The Morgan fingerprint density at radius 1 is 1.40 bits per heavy atom. The van der Waals surface area contributed by atoms with Crippen molar-refractivity contribution in [2.45, 2.75) is 0 Å². The van der Waals surface area contributed by atoms with Crippen molar-refractivity contribution in [3.05, 3.63) is 0 Å². The first-order valence-electron chi connectivity index (χ1n) is 0.537. The average Bonchev–Trinajstić information content (AvgIpc) is 1.46. The van der Waals surface area contributed by atoms with E-state index in [9.17, 15) is 0 Å². The summed E-state index contributed by atoms with van der Waals surface area (Å²) in [4.78, 5) is 0. The molecule has 0 aliphatic heterocycles. The molecule has 0 spiro atoms. The zero-order valence-corrected chi connectivity index (χ0v) is 4.59. The molecule has 0 aliphatic rings. The molecular weight excluding hydrogens is 155 g/mol. The van der Waals surface area contributed by atoms with Gasteiger partial charge in [-0.05, 0) is 0 Å². The third kappa shape index (κ3) is 94.5. The summed E-state index contributed by atoms with van der Waals surface area (Å²) in [5.41, 5.74) is 0. The molecule has 0 aromatic rings. The van der Waals surface area contributed by atoms with E-state index in [2.05, 4.69) is 0 Å². The van der Waals surface area contributed by atoms with Gasteiger partial charge in [-0.1, -0.05) is 0 Å². The van der Waals surface area contributed by atoms with E-state index in [0.717, 1.165) is 0 Å². The predicted octanol–water partition coefficient (Wildman–Crippen LogP) is -2.57. The van der Waals surface area contributed by atoms with Gasteiger partial charge in [0.05, 0.1) is 0 Å². The Bertz CT molecular complexity index is 7.61. The summed E-state index contributed by atoms with van der Waals surface area (Å²) in [6.45, 7) is 0. The monoisotopic (exact) mass is 154 g/mol. The van der Waals surface area contributed by atoms with Crippen molar-refractivity contribution in [1.82, 2.24) is 0 Å². The second-order valence-electron chi connectivity index (χ2n) is 0.0680. The summed E-state index contributed by atoms with van der Waals surface area (Å²) in [5, 5.41) is 17.5. The fraction of sp³-hybridized carbons (Fsp3) is 0. The molecule has 0 heterocycles. The van der Waals surface area contributed by atoms with E-state index in [-0.39, 0.29) is 0 Å². The van der Waals surface area contributed by atoms with Gasteiger partial charge in [0, 0.05) is 0 Å². The number of hydrogen-bond donors (Lipinski definition) is 0. The van der Waals surface area contributed by atoms with Crippen LogP contribution in [0.4, 0.5) is 0 Å². The maximum absolute atomic E-state index is 8.34. The Morgan fingerprint density at radius 2 is 1.40 bits per heavy atom. The van der Waals surface area contributed by atoms with Crippen molar-refractivity contribution >= 4 is 0 Å². The minimum absolute atomic E-state index is 0.300. The molecule has 0 rings (SSSR count). The molecule has 28 valence electrons. The van der Waals surface area contributed by atoms with Crippen molar-refractivity contribution < 1.29 is 43.1 Å². The van der Waals surface area contributed by atoms with Gasteiger partial charge in [0.2, 0.25) is 0 Å². The molecule has 0 radical (unpaired) electrons. The van der Waals surface area contributed by atoms with E-state index in [1.165, 1.54) is 0 Å². The van der Waals surface area contributed by atoms with Crippen LogP contribution in [-0.4, -0.2) is 0 Å². The summed E-state index contributed by atoms with van der Waals surface area (Å²) in [6, 6.07) is 0. The van der Waals surface area contributed by atoms with E-state index in [1.54, 1.807) is 5.04 Å². The van der Waals surface area contributed by atoms with Gasteiger partial charge in [-0.2, -0.15) is 0 Å². The van der Waals surface area contributed by atoms with Crippen LogP contribution in [0.3, 0.4) is 0 Å². The molecule has 0 aliphatic carbocycles. The van der Waals surface area contributed by atoms with E-state index in [1.807, 2.05) is 0 Å². The van der Waals surface area contributed by atoms with Crippen molar-refractivity contribution in [3.63, 3.8) is 0 Å². The Hall–Kier alpha value is 0.563. The quantitative estimate of drug-likeness (QED) is 0.285. The molecule has 0 bridgehead atoms. The Labute approximate surface area is 43.5 Å². The van der Waals surface area contributed by atoms with Crippen LogP contribution in [0.1, 0.15) is 0 Å². The van der Waals surface area contributed by atoms with Gasteiger partial charge in [-0.15, -0.1) is 0 Å². The molecule has 0 atom stereocenters. The van der Waals surface area contributed by atoms with Gasteiger partial charge in [0.1, 0.15) is 0 Å². The first-order chi connectivity index (χ1) is 2.41. The molecule has 5 heteroatoms. The molecule has 5 heavy (non-hydrogen) atoms. The molecule has 0 amide bonds. The van der Waals surface area contributed by atoms with Crippen LogP contribution in [0.5, 0.6) is 0 Å². The summed E-state index contributed by atoms with van der Waals surface area (Å²) >= 11 is 0.300. The van der Waals surface area contributed by atoms with E-state index >= 15 is 0 Å². The third-order valence-corrected chi connectivity index (χ3v) is 0. The average molecular weight is 155 g/mol. The first kappa shape index (κ1) is 9.12. The maximum atomic E-state index is 8.34. The van der Waals surface area contributed by atoms with Crippen LogP contribution >= 0.6 is 0 Å². The van der Waals surface area contributed by atoms with Gasteiger partial charge >= 0.3 is 27.5 Å². The predicted molar refractivity (Wildman–Crippen MR) is 1.77 cm³/mol. The van der Waals surface area contributed by atoms with E-state index in [0.29, 0.717) is 24.7 Å². The van der Waals surface area contributed by atoms with Crippen molar-refractivity contribution in [2.24, 2.45) is 0 Å². The van der Waals surface area contributed by atoms with E-state index < -0.39 is 0 Å². The van der Waals surface area contributed by atoms with Crippen LogP contribution in [0.25, 0.3) is 0 Å². The van der Waals surface area contributed by atoms with Crippen LogP contribution in [0.15, 0.2) is 0 Å². The molecule has 0 aromatic heterocycles. The van der Waals surface area contributed by atoms with E-state index in [4.69, 9.17) is 13.3 Å². The summed E-state index contributed by atoms with van der Waals surface area (Å²) < 4.78 is 8.34. The van der Waals surface area contributed by atoms with Crippen molar-refractivity contribution in [3.8, 4) is 0 Å². The summed E-state index contributed by atoms with van der Waals surface area (Å²) in [6.07, 6.45) is 0. The third-order valence-electron chi connectivity index (χ3n) is 0. The molecule has 4 nitrogen and oxygen atoms in total. The van der Waals surface area contributed by atoms with Crippen LogP contribution in [0, 0.1) is 0 Å². The summed E-state index contributed by atoms with van der Waals surface area (Å²) in [5.74, 6) is 0. The van der Waals surface area contributed by atoms with Gasteiger partial charge in [-0.3, -0.25) is 0 Å². The Balaban J connectivity index is 0. The first-order valence-corrected chi connectivity index (χ1v) is 1.54. The standard InChI is InChI=1S/H2O3.O.Zr/c1-3-2;;/h1-2H;;/q;;+2/p-2. The zero-order valence-electron chi connectivity index (χ0n) is 2.13. The normalized spacial score (nSPS) is 4.80. The van der Waals surface area contributed by atoms with Crippen molar-refractivity contribution in [2.75, 3.05) is 0 Å². The minimum atomic E-state index is 0.300. The number of hydrogen-bond acceptors (Lipinski definition) is 4. The Kier molecular flexibility index (Phi) is 43.3. The fourth-order valence-corrected chi connectivity index (χ4v) is 0. The van der Waals surface area contributed by atoms with Crippen LogP contribution in [-0.2, 0) is 32.6 Å². The second-order valence-corrected chi connectivity index (χ2v) is 0.0680. The van der Waals surface area contributed by atoms with Gasteiger partial charge < -0.3 is 15.6 Å². The van der Waals surface area contributed by atoms with Crippen molar-refractivity contribution in [1.29, 1.82) is 0 Å². The number of rotatable bonds is 0. The van der Waals surface area contributed by atoms with Crippen LogP contribution in [0.2, 0.25) is 0 Å². The fourth-order valence-electron chi connectivity index (χ4n) is 0. The molecule has 0 unspecified atom stereocenters. The molecular formula is O4Zr.